The third kappa shape index (κ3) is 4.27. The number of nitrogens with one attached hydrogen (secondary N) is 2. The number of fused-ring (bicyclic) bond motifs is 1. The molecule has 0 saturated carbocycles. The molecule has 2 N–H and O–H groups in total. The molecule has 0 saturated heterocycles. The van der Waals surface area contributed by atoms with Crippen molar-refractivity contribution in [2.24, 2.45) is 5.10 Å². The number of nitrogens with zero attached hydrogens (tertiary/aromatic N) is 1. The fourth-order valence-electron chi connectivity index (χ4n) is 3.83. The summed E-state index contributed by atoms with van der Waals surface area (Å²) >= 11 is 0. The number of rotatable bonds is 5. The van der Waals surface area contributed by atoms with Crippen molar-refractivity contribution in [1.29, 1.82) is 0 Å². The third-order valence-corrected chi connectivity index (χ3v) is 5.49. The lowest BCUT2D eigenvalue weighted by molar-refractivity contribution is 0.0950. The number of hydrogen-bond acceptors (Lipinski definition) is 5. The van der Waals surface area contributed by atoms with Gasteiger partial charge in [-0.2, -0.15) is 5.10 Å². The van der Waals surface area contributed by atoms with Crippen molar-refractivity contribution in [2.45, 2.75) is 33.1 Å². The van der Waals surface area contributed by atoms with Crippen LogP contribution in [0.5, 0.6) is 5.75 Å². The largest absolute Gasteiger partial charge is 0.496 e. The minimum absolute atomic E-state index is 0.265. The van der Waals surface area contributed by atoms with Crippen molar-refractivity contribution in [2.75, 3.05) is 12.4 Å². The first-order valence-corrected chi connectivity index (χ1v) is 10.5. The number of amides is 2. The maximum atomic E-state index is 12.8. The summed E-state index contributed by atoms with van der Waals surface area (Å²) in [5, 5.41) is 7.25. The fourth-order valence-corrected chi connectivity index (χ4v) is 3.83. The maximum Gasteiger partial charge on any atom is 0.291 e. The first kappa shape index (κ1) is 21.4. The Hall–Kier alpha value is -3.87. The summed E-state index contributed by atoms with van der Waals surface area (Å²) in [7, 11) is 1.52. The number of para-hydroxylation sites is 1. The van der Waals surface area contributed by atoms with E-state index in [4.69, 9.17) is 9.15 Å². The van der Waals surface area contributed by atoms with Gasteiger partial charge < -0.3 is 14.5 Å². The molecule has 0 atom stereocenters. The lowest BCUT2D eigenvalue weighted by Crippen LogP contribution is -2.22. The molecule has 0 radical (unpaired) electrons. The van der Waals surface area contributed by atoms with Crippen molar-refractivity contribution >= 4 is 23.2 Å². The van der Waals surface area contributed by atoms with Crippen LogP contribution in [0.1, 0.15) is 56.2 Å². The minimum atomic E-state index is -0.361. The summed E-state index contributed by atoms with van der Waals surface area (Å²) < 4.78 is 11.2. The van der Waals surface area contributed by atoms with E-state index in [1.54, 1.807) is 24.3 Å². The second-order valence-electron chi connectivity index (χ2n) is 7.73. The molecule has 32 heavy (non-hydrogen) atoms. The number of carbonyl (C=O) groups is 2. The summed E-state index contributed by atoms with van der Waals surface area (Å²) in [6, 6.07) is 14.5. The molecule has 1 aliphatic carbocycles. The molecule has 0 unspecified atom stereocenters. The zero-order valence-electron chi connectivity index (χ0n) is 18.3. The highest BCUT2D eigenvalue weighted by atomic mass is 16.5. The van der Waals surface area contributed by atoms with E-state index in [1.165, 1.54) is 7.11 Å². The topological polar surface area (TPSA) is 92.9 Å². The Morgan fingerprint density at radius 2 is 1.75 bits per heavy atom. The highest BCUT2D eigenvalue weighted by Crippen LogP contribution is 2.30. The predicted molar refractivity (Wildman–Crippen MR) is 123 cm³/mol. The highest BCUT2D eigenvalue weighted by Gasteiger charge is 2.28. The molecule has 7 nitrogen and oxygen atoms in total. The van der Waals surface area contributed by atoms with Crippen LogP contribution in [0, 0.1) is 13.8 Å². The lowest BCUT2D eigenvalue weighted by atomic mass is 9.93. The number of methoxy groups -OCH3 is 1. The van der Waals surface area contributed by atoms with Gasteiger partial charge in [0.1, 0.15) is 11.5 Å². The van der Waals surface area contributed by atoms with Crippen LogP contribution in [-0.2, 0) is 6.42 Å². The number of benzene rings is 2. The molecule has 0 spiro atoms. The summed E-state index contributed by atoms with van der Waals surface area (Å²) in [6.45, 7) is 3.83. The fraction of sp³-hybridized carbons (Fsp3) is 0.240. The van der Waals surface area contributed by atoms with Crippen LogP contribution >= 0.6 is 0 Å². The Morgan fingerprint density at radius 1 is 1.00 bits per heavy atom. The smallest absolute Gasteiger partial charge is 0.291 e. The predicted octanol–water partition coefficient (Wildman–Crippen LogP) is 4.63. The number of aryl methyl sites for hydroxylation is 2. The Labute approximate surface area is 186 Å². The Kier molecular flexibility index (Phi) is 6.07. The number of anilines is 1. The van der Waals surface area contributed by atoms with Gasteiger partial charge in [0.05, 0.1) is 18.4 Å². The van der Waals surface area contributed by atoms with Gasteiger partial charge in [-0.1, -0.05) is 29.8 Å². The van der Waals surface area contributed by atoms with Gasteiger partial charge in [-0.25, -0.2) is 5.43 Å². The van der Waals surface area contributed by atoms with E-state index in [2.05, 4.69) is 15.8 Å². The van der Waals surface area contributed by atoms with Gasteiger partial charge in [-0.3, -0.25) is 9.59 Å². The van der Waals surface area contributed by atoms with E-state index in [9.17, 15) is 9.59 Å². The Bertz CT molecular complexity index is 1190. The van der Waals surface area contributed by atoms with E-state index in [0.717, 1.165) is 23.1 Å². The van der Waals surface area contributed by atoms with Crippen LogP contribution in [-0.4, -0.2) is 24.6 Å². The molecule has 3 aromatic rings. The minimum Gasteiger partial charge on any atom is -0.496 e. The van der Waals surface area contributed by atoms with Crippen LogP contribution in [0.2, 0.25) is 0 Å². The molecule has 0 aliphatic heterocycles. The van der Waals surface area contributed by atoms with Gasteiger partial charge in [-0.15, -0.1) is 0 Å². The van der Waals surface area contributed by atoms with E-state index in [-0.39, 0.29) is 17.6 Å². The summed E-state index contributed by atoms with van der Waals surface area (Å²) in [5.74, 6) is 0.789. The van der Waals surface area contributed by atoms with Gasteiger partial charge in [0.15, 0.2) is 5.76 Å². The molecule has 0 bridgehead atoms. The first-order valence-electron chi connectivity index (χ1n) is 10.5. The number of carbonyl (C=O) groups excluding carboxylic acids is 2. The molecule has 7 heteroatoms. The summed E-state index contributed by atoms with van der Waals surface area (Å²) in [6.07, 6.45) is 2.22. The van der Waals surface area contributed by atoms with Crippen LogP contribution < -0.4 is 15.5 Å². The quantitative estimate of drug-likeness (QED) is 0.576. The average molecular weight is 431 g/mol. The van der Waals surface area contributed by atoms with Crippen LogP contribution in [0.15, 0.2) is 58.0 Å². The third-order valence-electron chi connectivity index (χ3n) is 5.49. The SMILES string of the molecule is COc1ccccc1C(=O)N/N=C1\CCCc2oc(C(=O)Nc3ccc(C)cc3)c(C)c21. The van der Waals surface area contributed by atoms with Crippen molar-refractivity contribution in [3.8, 4) is 5.75 Å². The summed E-state index contributed by atoms with van der Waals surface area (Å²) in [5.41, 5.74) is 7.05. The molecule has 1 aliphatic rings. The van der Waals surface area contributed by atoms with Crippen molar-refractivity contribution < 1.29 is 18.7 Å². The zero-order chi connectivity index (χ0) is 22.7. The van der Waals surface area contributed by atoms with E-state index >= 15 is 0 Å². The number of hydrogen-bond donors (Lipinski definition) is 2. The molecule has 1 aromatic heterocycles. The molecule has 164 valence electrons. The monoisotopic (exact) mass is 431 g/mol. The molecule has 2 aromatic carbocycles. The average Bonchev–Trinajstić information content (AvgIpc) is 3.16. The number of furan rings is 1. The Morgan fingerprint density at radius 3 is 2.50 bits per heavy atom. The van der Waals surface area contributed by atoms with Crippen LogP contribution in [0.4, 0.5) is 5.69 Å². The zero-order valence-corrected chi connectivity index (χ0v) is 18.3. The van der Waals surface area contributed by atoms with Gasteiger partial charge in [0.2, 0.25) is 0 Å². The molecule has 4 rings (SSSR count). The van der Waals surface area contributed by atoms with E-state index < -0.39 is 0 Å². The van der Waals surface area contributed by atoms with Gasteiger partial charge in [0, 0.05) is 23.2 Å². The first-order chi connectivity index (χ1) is 15.5. The van der Waals surface area contributed by atoms with E-state index in [1.807, 2.05) is 38.1 Å². The second-order valence-corrected chi connectivity index (χ2v) is 7.73. The number of hydrazone groups is 1. The van der Waals surface area contributed by atoms with Gasteiger partial charge in [-0.05, 0) is 51.0 Å². The molecule has 0 fully saturated rings. The summed E-state index contributed by atoms with van der Waals surface area (Å²) in [4.78, 5) is 25.5. The number of ether oxygens (including phenoxy) is 1. The maximum absolute atomic E-state index is 12.8. The molecule has 1 heterocycles. The van der Waals surface area contributed by atoms with Crippen LogP contribution in [0.25, 0.3) is 0 Å². The molecular formula is C25H25N3O4. The highest BCUT2D eigenvalue weighted by molar-refractivity contribution is 6.09. The van der Waals surface area contributed by atoms with Crippen molar-refractivity contribution in [3.63, 3.8) is 0 Å². The second kappa shape index (κ2) is 9.09. The van der Waals surface area contributed by atoms with Gasteiger partial charge >= 0.3 is 0 Å². The standard InChI is InChI=1S/C25H25N3O4/c1-15-11-13-17(14-12-15)26-25(30)23-16(2)22-19(8-6-10-21(22)32-23)27-28-24(29)18-7-4-5-9-20(18)31-3/h4-5,7,9,11-14H,6,8,10H2,1-3H3,(H,26,30)(H,28,29)/b27-19+. The Balaban J connectivity index is 1.57. The van der Waals surface area contributed by atoms with Gasteiger partial charge in [0.25, 0.3) is 11.8 Å². The van der Waals surface area contributed by atoms with Crippen molar-refractivity contribution in [1.82, 2.24) is 5.43 Å². The van der Waals surface area contributed by atoms with E-state index in [0.29, 0.717) is 41.3 Å². The lowest BCUT2D eigenvalue weighted by Gasteiger charge is -2.14. The van der Waals surface area contributed by atoms with Crippen molar-refractivity contribution in [3.05, 3.63) is 82.3 Å². The molecule has 2 amide bonds. The van der Waals surface area contributed by atoms with Crippen LogP contribution in [0.3, 0.4) is 0 Å². The molecular weight excluding hydrogens is 406 g/mol. The normalized spacial score (nSPS) is 14.0.